The lowest BCUT2D eigenvalue weighted by atomic mass is 10.1. The first-order valence-corrected chi connectivity index (χ1v) is 9.24. The third kappa shape index (κ3) is 3.07. The minimum absolute atomic E-state index is 0.326. The molecule has 0 atom stereocenters. The first kappa shape index (κ1) is 17.0. The molecule has 0 aliphatic carbocycles. The molecule has 4 rings (SSSR count). The standard InChI is InChI=1S/C22H15N3OS/c1-2-13-25-19-12-11-16-5-3-4-6-18(16)20(19)27-22(25)24-21(26)17-9-7-15(14-23)8-10-17/h2-12H,1,13H2. The Balaban J connectivity index is 1.91. The van der Waals surface area contributed by atoms with Gasteiger partial charge >= 0.3 is 0 Å². The van der Waals surface area contributed by atoms with Crippen LogP contribution in [-0.4, -0.2) is 10.5 Å². The van der Waals surface area contributed by atoms with Gasteiger partial charge in [-0.3, -0.25) is 4.79 Å². The number of benzene rings is 3. The number of rotatable bonds is 3. The van der Waals surface area contributed by atoms with Crippen LogP contribution in [0.15, 0.2) is 78.3 Å². The highest BCUT2D eigenvalue weighted by Gasteiger charge is 2.11. The summed E-state index contributed by atoms with van der Waals surface area (Å²) in [6.07, 6.45) is 1.80. The van der Waals surface area contributed by atoms with Crippen molar-refractivity contribution >= 4 is 38.2 Å². The first-order chi connectivity index (χ1) is 13.2. The molecule has 0 fully saturated rings. The van der Waals surface area contributed by atoms with E-state index < -0.39 is 0 Å². The Morgan fingerprint density at radius 1 is 1.15 bits per heavy atom. The lowest BCUT2D eigenvalue weighted by Crippen LogP contribution is -2.16. The SMILES string of the molecule is C=CCn1c(=NC(=O)c2ccc(C#N)cc2)sc2c3ccccc3ccc21. The van der Waals surface area contributed by atoms with Crippen molar-refractivity contribution in [2.45, 2.75) is 6.54 Å². The minimum atomic E-state index is -0.326. The van der Waals surface area contributed by atoms with Crippen molar-refractivity contribution < 1.29 is 4.79 Å². The highest BCUT2D eigenvalue weighted by molar-refractivity contribution is 7.17. The van der Waals surface area contributed by atoms with Gasteiger partial charge in [-0.15, -0.1) is 6.58 Å². The molecule has 27 heavy (non-hydrogen) atoms. The van der Waals surface area contributed by atoms with Crippen LogP contribution in [0.1, 0.15) is 15.9 Å². The van der Waals surface area contributed by atoms with Crippen molar-refractivity contribution in [2.75, 3.05) is 0 Å². The quantitative estimate of drug-likeness (QED) is 0.493. The normalized spacial score (nSPS) is 11.6. The molecule has 0 N–H and O–H groups in total. The molecule has 0 spiro atoms. The molecular weight excluding hydrogens is 354 g/mol. The van der Waals surface area contributed by atoms with Gasteiger partial charge in [-0.05, 0) is 35.7 Å². The molecule has 0 aliphatic rings. The maximum Gasteiger partial charge on any atom is 0.279 e. The van der Waals surface area contributed by atoms with E-state index in [-0.39, 0.29) is 5.91 Å². The fraction of sp³-hybridized carbons (Fsp3) is 0.0455. The van der Waals surface area contributed by atoms with Crippen molar-refractivity contribution in [3.63, 3.8) is 0 Å². The predicted octanol–water partition coefficient (Wildman–Crippen LogP) is 4.65. The first-order valence-electron chi connectivity index (χ1n) is 8.42. The monoisotopic (exact) mass is 369 g/mol. The Morgan fingerprint density at radius 2 is 1.93 bits per heavy atom. The van der Waals surface area contributed by atoms with Gasteiger partial charge in [0.1, 0.15) is 0 Å². The lowest BCUT2D eigenvalue weighted by Gasteiger charge is -2.03. The second kappa shape index (κ2) is 7.02. The van der Waals surface area contributed by atoms with Gasteiger partial charge < -0.3 is 4.57 Å². The molecule has 4 aromatic rings. The van der Waals surface area contributed by atoms with Crippen molar-refractivity contribution in [1.82, 2.24) is 4.57 Å². The Bertz CT molecular complexity index is 1290. The van der Waals surface area contributed by atoms with Gasteiger partial charge in [0, 0.05) is 17.5 Å². The summed E-state index contributed by atoms with van der Waals surface area (Å²) in [6, 6.07) is 20.9. The van der Waals surface area contributed by atoms with Crippen molar-refractivity contribution in [3.8, 4) is 6.07 Å². The van der Waals surface area contributed by atoms with Crippen LogP contribution >= 0.6 is 11.3 Å². The highest BCUT2D eigenvalue weighted by atomic mass is 32.1. The molecule has 1 heterocycles. The Morgan fingerprint density at radius 3 is 2.67 bits per heavy atom. The fourth-order valence-corrected chi connectivity index (χ4v) is 4.20. The molecule has 0 bridgehead atoms. The van der Waals surface area contributed by atoms with E-state index in [4.69, 9.17) is 5.26 Å². The van der Waals surface area contributed by atoms with E-state index in [2.05, 4.69) is 35.8 Å². The third-order valence-electron chi connectivity index (χ3n) is 4.34. The van der Waals surface area contributed by atoms with Crippen LogP contribution in [0.5, 0.6) is 0 Å². The van der Waals surface area contributed by atoms with Crippen LogP contribution in [0.3, 0.4) is 0 Å². The average Bonchev–Trinajstić information content (AvgIpc) is 3.06. The average molecular weight is 369 g/mol. The van der Waals surface area contributed by atoms with Crippen LogP contribution in [0.2, 0.25) is 0 Å². The number of thiazole rings is 1. The van der Waals surface area contributed by atoms with E-state index in [1.54, 1.807) is 30.3 Å². The number of hydrogen-bond acceptors (Lipinski definition) is 3. The molecule has 0 saturated carbocycles. The zero-order valence-electron chi connectivity index (χ0n) is 14.4. The van der Waals surface area contributed by atoms with Crippen LogP contribution in [-0.2, 0) is 6.54 Å². The number of aromatic nitrogens is 1. The van der Waals surface area contributed by atoms with E-state index in [0.717, 1.165) is 21.0 Å². The Labute approximate surface area is 160 Å². The molecule has 0 aliphatic heterocycles. The number of fused-ring (bicyclic) bond motifs is 3. The van der Waals surface area contributed by atoms with Gasteiger partial charge in [0.2, 0.25) is 0 Å². The fourth-order valence-electron chi connectivity index (χ4n) is 3.03. The third-order valence-corrected chi connectivity index (χ3v) is 5.47. The number of carbonyl (C=O) groups is 1. The van der Waals surface area contributed by atoms with E-state index in [1.165, 1.54) is 11.3 Å². The zero-order valence-corrected chi connectivity index (χ0v) is 15.2. The molecule has 0 saturated heterocycles. The molecule has 1 aromatic heterocycles. The van der Waals surface area contributed by atoms with Crippen LogP contribution in [0.25, 0.3) is 21.0 Å². The lowest BCUT2D eigenvalue weighted by molar-refractivity contribution is 0.0998. The van der Waals surface area contributed by atoms with E-state index in [0.29, 0.717) is 22.5 Å². The number of allylic oxidation sites excluding steroid dienone is 1. The number of carbonyl (C=O) groups excluding carboxylic acids is 1. The second-order valence-corrected chi connectivity index (χ2v) is 7.00. The van der Waals surface area contributed by atoms with Crippen molar-refractivity contribution in [3.05, 3.63) is 89.2 Å². The predicted molar refractivity (Wildman–Crippen MR) is 109 cm³/mol. The van der Waals surface area contributed by atoms with Crippen molar-refractivity contribution in [1.29, 1.82) is 5.26 Å². The molecule has 0 unspecified atom stereocenters. The van der Waals surface area contributed by atoms with E-state index >= 15 is 0 Å². The van der Waals surface area contributed by atoms with Gasteiger partial charge in [-0.2, -0.15) is 10.3 Å². The van der Waals surface area contributed by atoms with Crippen LogP contribution in [0, 0.1) is 11.3 Å². The molecule has 0 radical (unpaired) electrons. The molecular formula is C22H15N3OS. The van der Waals surface area contributed by atoms with Crippen LogP contribution in [0.4, 0.5) is 0 Å². The summed E-state index contributed by atoms with van der Waals surface area (Å²) in [7, 11) is 0. The van der Waals surface area contributed by atoms with Crippen LogP contribution < -0.4 is 4.80 Å². The van der Waals surface area contributed by atoms with E-state index in [9.17, 15) is 4.79 Å². The highest BCUT2D eigenvalue weighted by Crippen LogP contribution is 2.27. The number of nitrogens with zero attached hydrogens (tertiary/aromatic N) is 3. The Hall–Kier alpha value is -3.49. The second-order valence-electron chi connectivity index (χ2n) is 6.02. The topological polar surface area (TPSA) is 58.1 Å². The minimum Gasteiger partial charge on any atom is -0.312 e. The van der Waals surface area contributed by atoms with Gasteiger partial charge in [-0.25, -0.2) is 0 Å². The van der Waals surface area contributed by atoms with Gasteiger partial charge in [0.25, 0.3) is 5.91 Å². The molecule has 3 aromatic carbocycles. The number of amides is 1. The van der Waals surface area contributed by atoms with Crippen molar-refractivity contribution in [2.24, 2.45) is 4.99 Å². The largest absolute Gasteiger partial charge is 0.312 e. The van der Waals surface area contributed by atoms with E-state index in [1.807, 2.05) is 22.8 Å². The molecule has 4 nitrogen and oxygen atoms in total. The summed E-state index contributed by atoms with van der Waals surface area (Å²) in [6.45, 7) is 4.40. The number of nitriles is 1. The summed E-state index contributed by atoms with van der Waals surface area (Å²) in [5.41, 5.74) is 2.01. The summed E-state index contributed by atoms with van der Waals surface area (Å²) in [5.74, 6) is -0.326. The maximum atomic E-state index is 12.6. The van der Waals surface area contributed by atoms with Gasteiger partial charge in [0.15, 0.2) is 4.80 Å². The Kier molecular flexibility index (Phi) is 4.41. The maximum absolute atomic E-state index is 12.6. The molecule has 1 amide bonds. The smallest absolute Gasteiger partial charge is 0.279 e. The summed E-state index contributed by atoms with van der Waals surface area (Å²) >= 11 is 1.50. The molecule has 5 heteroatoms. The van der Waals surface area contributed by atoms with Gasteiger partial charge in [0.05, 0.1) is 21.8 Å². The molecule has 130 valence electrons. The van der Waals surface area contributed by atoms with Gasteiger partial charge in [-0.1, -0.05) is 47.7 Å². The zero-order chi connectivity index (χ0) is 18.8. The summed E-state index contributed by atoms with van der Waals surface area (Å²) < 4.78 is 3.10. The number of hydrogen-bond donors (Lipinski definition) is 0. The summed E-state index contributed by atoms with van der Waals surface area (Å²) in [5, 5.41) is 11.2. The summed E-state index contributed by atoms with van der Waals surface area (Å²) in [4.78, 5) is 17.6.